The lowest BCUT2D eigenvalue weighted by Gasteiger charge is -1.86. The lowest BCUT2D eigenvalue weighted by Crippen LogP contribution is -1.83. The van der Waals surface area contributed by atoms with Crippen molar-refractivity contribution in [2.45, 2.75) is 12.8 Å². The summed E-state index contributed by atoms with van der Waals surface area (Å²) in [6, 6.07) is 0. The van der Waals surface area contributed by atoms with Crippen LogP contribution in [0.15, 0.2) is 12.5 Å². The van der Waals surface area contributed by atoms with Gasteiger partial charge in [0.1, 0.15) is 0 Å². The fourth-order valence-corrected chi connectivity index (χ4v) is 0.954. The van der Waals surface area contributed by atoms with Crippen molar-refractivity contribution in [3.8, 4) is 0 Å². The zero-order chi connectivity index (χ0) is 5.40. The summed E-state index contributed by atoms with van der Waals surface area (Å²) in [5, 5.41) is 0. The molecule has 0 fully saturated rings. The van der Waals surface area contributed by atoms with Crippen LogP contribution in [-0.4, -0.2) is 9.55 Å². The monoisotopic (exact) mass is 106 g/mol. The van der Waals surface area contributed by atoms with Gasteiger partial charge in [0.15, 0.2) is 0 Å². The molecule has 1 aromatic rings. The number of rotatable bonds is 0. The summed E-state index contributed by atoms with van der Waals surface area (Å²) in [7, 11) is 0. The van der Waals surface area contributed by atoms with E-state index in [1.165, 1.54) is 5.69 Å². The van der Waals surface area contributed by atoms with Gasteiger partial charge in [-0.2, -0.15) is 0 Å². The summed E-state index contributed by atoms with van der Waals surface area (Å²) in [6.07, 6.45) is 5.85. The lowest BCUT2D eigenvalue weighted by molar-refractivity contribution is 0.952. The molecule has 0 saturated carbocycles. The standard InChI is InChI=1S/C6H6N2/c1-2-6-4-7-5-8(6)3-1/h4-5H,1-2H2. The topological polar surface area (TPSA) is 17.8 Å². The van der Waals surface area contributed by atoms with Crippen molar-refractivity contribution in [3.63, 3.8) is 0 Å². The maximum Gasteiger partial charge on any atom is 0.0979 e. The summed E-state index contributed by atoms with van der Waals surface area (Å²) in [6.45, 7) is 3.13. The van der Waals surface area contributed by atoms with Crippen LogP contribution in [0.2, 0.25) is 0 Å². The van der Waals surface area contributed by atoms with E-state index in [-0.39, 0.29) is 0 Å². The average Bonchev–Trinajstić information content (AvgIpc) is 2.15. The Bertz CT molecular complexity index is 172. The van der Waals surface area contributed by atoms with Crippen LogP contribution in [0.5, 0.6) is 0 Å². The lowest BCUT2D eigenvalue weighted by atomic mass is 10.3. The summed E-state index contributed by atoms with van der Waals surface area (Å²) in [5.74, 6) is 0. The zero-order valence-corrected chi connectivity index (χ0v) is 4.46. The van der Waals surface area contributed by atoms with Gasteiger partial charge in [-0.1, -0.05) is 0 Å². The van der Waals surface area contributed by atoms with Crippen LogP contribution < -0.4 is 0 Å². The van der Waals surface area contributed by atoms with Crippen molar-refractivity contribution in [1.29, 1.82) is 0 Å². The smallest absolute Gasteiger partial charge is 0.0979 e. The summed E-state index contributed by atoms with van der Waals surface area (Å²) in [4.78, 5) is 3.94. The van der Waals surface area contributed by atoms with E-state index in [4.69, 9.17) is 0 Å². The third-order valence-corrected chi connectivity index (χ3v) is 1.38. The minimum atomic E-state index is 1.05. The molecule has 2 nitrogen and oxygen atoms in total. The Morgan fingerprint density at radius 1 is 1.75 bits per heavy atom. The Morgan fingerprint density at radius 3 is 3.62 bits per heavy atom. The fourth-order valence-electron chi connectivity index (χ4n) is 0.954. The van der Waals surface area contributed by atoms with Crippen LogP contribution in [0.4, 0.5) is 0 Å². The molecular weight excluding hydrogens is 100 g/mol. The molecule has 0 amide bonds. The molecule has 0 aliphatic carbocycles. The molecule has 2 heteroatoms. The first-order valence-electron chi connectivity index (χ1n) is 2.72. The van der Waals surface area contributed by atoms with E-state index in [0.717, 1.165) is 12.8 Å². The van der Waals surface area contributed by atoms with Crippen molar-refractivity contribution in [1.82, 2.24) is 9.55 Å². The van der Waals surface area contributed by atoms with Gasteiger partial charge < -0.3 is 4.57 Å². The molecule has 0 aromatic carbocycles. The molecular formula is C6H6N2. The van der Waals surface area contributed by atoms with E-state index in [1.807, 2.05) is 10.8 Å². The highest BCUT2D eigenvalue weighted by atomic mass is 15.1. The van der Waals surface area contributed by atoms with Crippen LogP contribution in [0.3, 0.4) is 0 Å². The van der Waals surface area contributed by atoms with E-state index in [0.29, 0.717) is 0 Å². The van der Waals surface area contributed by atoms with Crippen molar-refractivity contribution in [2.24, 2.45) is 0 Å². The second kappa shape index (κ2) is 1.34. The van der Waals surface area contributed by atoms with E-state index in [2.05, 4.69) is 11.5 Å². The predicted octanol–water partition coefficient (Wildman–Crippen LogP) is 0.716. The van der Waals surface area contributed by atoms with Gasteiger partial charge in [-0.05, 0) is 12.8 Å². The summed E-state index contributed by atoms with van der Waals surface area (Å²) < 4.78 is 1.96. The number of aryl methyl sites for hydroxylation is 1. The molecule has 40 valence electrons. The third kappa shape index (κ3) is 0.399. The molecule has 0 bridgehead atoms. The molecule has 8 heavy (non-hydrogen) atoms. The highest BCUT2D eigenvalue weighted by molar-refractivity contribution is 5.07. The van der Waals surface area contributed by atoms with Gasteiger partial charge in [0.2, 0.25) is 0 Å². The van der Waals surface area contributed by atoms with E-state index in [1.54, 1.807) is 6.33 Å². The van der Waals surface area contributed by atoms with Crippen molar-refractivity contribution >= 4 is 0 Å². The SMILES string of the molecule is [C]1CCc2cncn21. The predicted molar refractivity (Wildman–Crippen MR) is 29.2 cm³/mol. The second-order valence-electron chi connectivity index (χ2n) is 1.91. The van der Waals surface area contributed by atoms with Crippen LogP contribution in [-0.2, 0) is 6.42 Å². The van der Waals surface area contributed by atoms with Gasteiger partial charge in [-0.15, -0.1) is 0 Å². The number of hydrogen-bond donors (Lipinski definition) is 0. The Morgan fingerprint density at radius 2 is 2.75 bits per heavy atom. The van der Waals surface area contributed by atoms with Crippen LogP contribution in [0, 0.1) is 6.54 Å². The molecule has 0 saturated heterocycles. The molecule has 0 N–H and O–H groups in total. The largest absolute Gasteiger partial charge is 0.323 e. The second-order valence-corrected chi connectivity index (χ2v) is 1.91. The maximum absolute atomic E-state index is 3.94. The Labute approximate surface area is 48.2 Å². The van der Waals surface area contributed by atoms with E-state index >= 15 is 0 Å². The Balaban J connectivity index is 2.54. The molecule has 0 spiro atoms. The van der Waals surface area contributed by atoms with Gasteiger partial charge in [0.25, 0.3) is 0 Å². The normalized spacial score (nSPS) is 16.5. The highest BCUT2D eigenvalue weighted by Crippen LogP contribution is 2.13. The molecule has 0 atom stereocenters. The van der Waals surface area contributed by atoms with Crippen molar-refractivity contribution in [3.05, 3.63) is 24.8 Å². The first-order chi connectivity index (χ1) is 3.97. The van der Waals surface area contributed by atoms with Gasteiger partial charge in [-0.3, -0.25) is 0 Å². The molecule has 2 heterocycles. The highest BCUT2D eigenvalue weighted by Gasteiger charge is 2.08. The van der Waals surface area contributed by atoms with Gasteiger partial charge in [-0.25, -0.2) is 4.98 Å². The van der Waals surface area contributed by atoms with E-state index < -0.39 is 0 Å². The van der Waals surface area contributed by atoms with Crippen molar-refractivity contribution in [2.75, 3.05) is 0 Å². The Kier molecular flexibility index (Phi) is 0.692. The van der Waals surface area contributed by atoms with Crippen LogP contribution in [0.25, 0.3) is 0 Å². The fraction of sp³-hybridized carbons (Fsp3) is 0.333. The molecule has 2 rings (SSSR count). The first-order valence-corrected chi connectivity index (χ1v) is 2.72. The number of fused-ring (bicyclic) bond motifs is 1. The summed E-state index contributed by atoms with van der Waals surface area (Å²) in [5.41, 5.74) is 1.28. The third-order valence-electron chi connectivity index (χ3n) is 1.38. The van der Waals surface area contributed by atoms with Gasteiger partial charge in [0, 0.05) is 11.9 Å². The average molecular weight is 106 g/mol. The Hall–Kier alpha value is -0.790. The zero-order valence-electron chi connectivity index (χ0n) is 4.46. The van der Waals surface area contributed by atoms with Crippen molar-refractivity contribution < 1.29 is 0 Å². The molecule has 1 aliphatic rings. The number of hydrogen-bond acceptors (Lipinski definition) is 1. The van der Waals surface area contributed by atoms with Crippen LogP contribution >= 0.6 is 0 Å². The maximum atomic E-state index is 3.94. The number of aromatic nitrogens is 2. The van der Waals surface area contributed by atoms with Crippen LogP contribution in [0.1, 0.15) is 12.1 Å². The molecule has 1 aromatic heterocycles. The quantitative estimate of drug-likeness (QED) is 0.476. The molecule has 2 radical (unpaired) electrons. The number of imidazole rings is 1. The van der Waals surface area contributed by atoms with Gasteiger partial charge in [0.05, 0.1) is 12.9 Å². The molecule has 1 aliphatic heterocycles. The minimum Gasteiger partial charge on any atom is -0.323 e. The minimum absolute atomic E-state index is 1.05. The number of nitrogens with zero attached hydrogens (tertiary/aromatic N) is 2. The molecule has 0 unspecified atom stereocenters. The first kappa shape index (κ1) is 4.13. The van der Waals surface area contributed by atoms with E-state index in [9.17, 15) is 0 Å². The summed E-state index contributed by atoms with van der Waals surface area (Å²) >= 11 is 0. The van der Waals surface area contributed by atoms with Gasteiger partial charge >= 0.3 is 0 Å².